The first-order valence-corrected chi connectivity index (χ1v) is 10.0. The molecule has 2 aromatic carbocycles. The van der Waals surface area contributed by atoms with Gasteiger partial charge in [0.1, 0.15) is 16.5 Å². The summed E-state index contributed by atoms with van der Waals surface area (Å²) in [6.07, 6.45) is 0. The number of nitrogens with one attached hydrogen (secondary N) is 1. The van der Waals surface area contributed by atoms with Gasteiger partial charge in [-0.05, 0) is 42.5 Å². The second-order valence-corrected chi connectivity index (χ2v) is 7.90. The Kier molecular flexibility index (Phi) is 4.18. The third-order valence-corrected chi connectivity index (χ3v) is 5.76. The Labute approximate surface area is 172 Å². The number of halogens is 1. The highest BCUT2D eigenvalue weighted by Gasteiger charge is 2.16. The number of fused-ring (bicyclic) bond motifs is 1. The van der Waals surface area contributed by atoms with Crippen molar-refractivity contribution in [2.75, 3.05) is 7.11 Å². The Balaban J connectivity index is 1.51. The van der Waals surface area contributed by atoms with Crippen LogP contribution in [0.1, 0.15) is 0 Å². The molecular formula is C19H13BrN6OS. The molecule has 0 aliphatic heterocycles. The molecular weight excluding hydrogens is 440 g/mol. The number of rotatable bonds is 4. The first-order valence-electron chi connectivity index (χ1n) is 8.39. The van der Waals surface area contributed by atoms with E-state index >= 15 is 0 Å². The highest BCUT2D eigenvalue weighted by molar-refractivity contribution is 9.10. The maximum Gasteiger partial charge on any atom is 0.235 e. The van der Waals surface area contributed by atoms with Crippen LogP contribution in [0.15, 0.2) is 59.1 Å². The van der Waals surface area contributed by atoms with E-state index in [2.05, 4.69) is 41.4 Å². The average Bonchev–Trinajstić information content (AvgIpc) is 3.44. The molecule has 1 N–H and O–H groups in total. The van der Waals surface area contributed by atoms with Crippen LogP contribution in [0.25, 0.3) is 38.3 Å². The standard InChI is InChI=1S/C19H13BrN6OS/c1-27-14-8-4-11(5-9-14)15-10-16(22-21-15)17-23-24-19-26(17)25-18(28-19)12-2-6-13(20)7-3-12/h2-10H,1H3,(H,21,22). The van der Waals surface area contributed by atoms with Crippen molar-refractivity contribution in [3.8, 4) is 39.1 Å². The van der Waals surface area contributed by atoms with Gasteiger partial charge in [0.15, 0.2) is 0 Å². The van der Waals surface area contributed by atoms with E-state index < -0.39 is 0 Å². The predicted molar refractivity (Wildman–Crippen MR) is 111 cm³/mol. The number of hydrogen-bond acceptors (Lipinski definition) is 6. The van der Waals surface area contributed by atoms with E-state index in [1.165, 1.54) is 11.3 Å². The quantitative estimate of drug-likeness (QED) is 0.428. The number of ether oxygens (including phenoxy) is 1. The van der Waals surface area contributed by atoms with Gasteiger partial charge in [0.2, 0.25) is 10.8 Å². The van der Waals surface area contributed by atoms with Crippen molar-refractivity contribution >= 4 is 32.2 Å². The van der Waals surface area contributed by atoms with E-state index in [4.69, 9.17) is 4.74 Å². The molecule has 0 saturated carbocycles. The van der Waals surface area contributed by atoms with Crippen LogP contribution in [0.3, 0.4) is 0 Å². The number of H-pyrrole nitrogens is 1. The summed E-state index contributed by atoms with van der Waals surface area (Å²) in [6, 6.07) is 17.7. The topological polar surface area (TPSA) is 81.0 Å². The first-order chi connectivity index (χ1) is 13.7. The lowest BCUT2D eigenvalue weighted by atomic mass is 10.1. The van der Waals surface area contributed by atoms with Gasteiger partial charge in [-0.3, -0.25) is 5.10 Å². The third-order valence-electron chi connectivity index (χ3n) is 4.29. The maximum atomic E-state index is 5.20. The van der Waals surface area contributed by atoms with Crippen LogP contribution >= 0.6 is 27.3 Å². The summed E-state index contributed by atoms with van der Waals surface area (Å²) in [6.45, 7) is 0. The van der Waals surface area contributed by atoms with E-state index in [0.717, 1.165) is 42.7 Å². The second-order valence-electron chi connectivity index (χ2n) is 6.03. The third kappa shape index (κ3) is 2.98. The first kappa shape index (κ1) is 17.1. The van der Waals surface area contributed by atoms with Crippen molar-refractivity contribution in [3.05, 3.63) is 59.1 Å². The van der Waals surface area contributed by atoms with E-state index in [1.54, 1.807) is 11.6 Å². The van der Waals surface area contributed by atoms with E-state index in [-0.39, 0.29) is 0 Å². The summed E-state index contributed by atoms with van der Waals surface area (Å²) in [5.74, 6) is 1.43. The molecule has 5 aromatic rings. The normalized spacial score (nSPS) is 11.2. The summed E-state index contributed by atoms with van der Waals surface area (Å²) in [5.41, 5.74) is 3.59. The summed E-state index contributed by atoms with van der Waals surface area (Å²) in [5, 5.41) is 21.5. The van der Waals surface area contributed by atoms with Crippen molar-refractivity contribution in [2.45, 2.75) is 0 Å². The van der Waals surface area contributed by atoms with Gasteiger partial charge in [-0.15, -0.1) is 10.2 Å². The minimum atomic E-state index is 0.627. The lowest BCUT2D eigenvalue weighted by Crippen LogP contribution is -1.91. The van der Waals surface area contributed by atoms with Crippen molar-refractivity contribution in [2.24, 2.45) is 0 Å². The van der Waals surface area contributed by atoms with Gasteiger partial charge in [-0.1, -0.05) is 39.4 Å². The van der Waals surface area contributed by atoms with Gasteiger partial charge in [0.05, 0.1) is 12.8 Å². The second kappa shape index (κ2) is 6.84. The number of aromatic nitrogens is 6. The van der Waals surface area contributed by atoms with Crippen molar-refractivity contribution in [3.63, 3.8) is 0 Å². The molecule has 0 atom stereocenters. The molecule has 5 rings (SSSR count). The largest absolute Gasteiger partial charge is 0.497 e. The zero-order valence-corrected chi connectivity index (χ0v) is 17.0. The molecule has 0 unspecified atom stereocenters. The molecule has 28 heavy (non-hydrogen) atoms. The molecule has 0 spiro atoms. The molecule has 0 fully saturated rings. The van der Waals surface area contributed by atoms with Gasteiger partial charge in [-0.25, -0.2) is 0 Å². The zero-order valence-electron chi connectivity index (χ0n) is 14.6. The van der Waals surface area contributed by atoms with E-state index in [9.17, 15) is 0 Å². The molecule has 0 amide bonds. The minimum absolute atomic E-state index is 0.627. The number of aromatic amines is 1. The molecule has 3 aromatic heterocycles. The van der Waals surface area contributed by atoms with Crippen molar-refractivity contribution in [1.82, 2.24) is 30.0 Å². The molecule has 0 saturated heterocycles. The van der Waals surface area contributed by atoms with E-state index in [1.807, 2.05) is 54.6 Å². The Hall–Kier alpha value is -3.04. The molecule has 9 heteroatoms. The Morgan fingerprint density at radius 3 is 2.50 bits per heavy atom. The summed E-state index contributed by atoms with van der Waals surface area (Å²) in [7, 11) is 1.65. The maximum absolute atomic E-state index is 5.20. The average molecular weight is 453 g/mol. The lowest BCUT2D eigenvalue weighted by Gasteiger charge is -1.99. The molecule has 0 aliphatic carbocycles. The van der Waals surface area contributed by atoms with Crippen LogP contribution in [-0.4, -0.2) is 37.1 Å². The van der Waals surface area contributed by atoms with Gasteiger partial charge in [-0.2, -0.15) is 14.7 Å². The number of nitrogens with zero attached hydrogens (tertiary/aromatic N) is 5. The summed E-state index contributed by atoms with van der Waals surface area (Å²) in [4.78, 5) is 0.730. The number of benzene rings is 2. The molecule has 7 nitrogen and oxygen atoms in total. The van der Waals surface area contributed by atoms with Gasteiger partial charge < -0.3 is 4.74 Å². The van der Waals surface area contributed by atoms with Crippen LogP contribution < -0.4 is 4.74 Å². The monoisotopic (exact) mass is 452 g/mol. The molecule has 138 valence electrons. The summed E-state index contributed by atoms with van der Waals surface area (Å²) < 4.78 is 7.98. The van der Waals surface area contributed by atoms with Crippen LogP contribution in [0, 0.1) is 0 Å². The van der Waals surface area contributed by atoms with Gasteiger partial charge in [0, 0.05) is 15.6 Å². The van der Waals surface area contributed by atoms with Gasteiger partial charge >= 0.3 is 0 Å². The zero-order chi connectivity index (χ0) is 19.1. The highest BCUT2D eigenvalue weighted by atomic mass is 79.9. The van der Waals surface area contributed by atoms with Crippen molar-refractivity contribution < 1.29 is 4.74 Å². The fourth-order valence-corrected chi connectivity index (χ4v) is 3.95. The van der Waals surface area contributed by atoms with Crippen LogP contribution in [0.5, 0.6) is 5.75 Å². The lowest BCUT2D eigenvalue weighted by molar-refractivity contribution is 0.415. The summed E-state index contributed by atoms with van der Waals surface area (Å²) >= 11 is 4.95. The fourth-order valence-electron chi connectivity index (χ4n) is 2.84. The Morgan fingerprint density at radius 1 is 1.00 bits per heavy atom. The van der Waals surface area contributed by atoms with Crippen LogP contribution in [0.4, 0.5) is 0 Å². The Morgan fingerprint density at radius 2 is 1.75 bits per heavy atom. The smallest absolute Gasteiger partial charge is 0.235 e. The SMILES string of the molecule is COc1ccc(-c2cc(-c3nnc4sc(-c5ccc(Br)cc5)nn34)[nH]n2)cc1. The fraction of sp³-hybridized carbons (Fsp3) is 0.0526. The number of hydrogen-bond donors (Lipinski definition) is 1. The predicted octanol–water partition coefficient (Wildman–Crippen LogP) is 4.68. The molecule has 3 heterocycles. The molecule has 0 radical (unpaired) electrons. The van der Waals surface area contributed by atoms with Crippen LogP contribution in [0.2, 0.25) is 0 Å². The highest BCUT2D eigenvalue weighted by Crippen LogP contribution is 2.29. The van der Waals surface area contributed by atoms with Crippen molar-refractivity contribution in [1.29, 1.82) is 0 Å². The van der Waals surface area contributed by atoms with Gasteiger partial charge in [0.25, 0.3) is 0 Å². The molecule has 0 bridgehead atoms. The number of methoxy groups -OCH3 is 1. The Bertz CT molecular complexity index is 1260. The molecule has 0 aliphatic rings. The van der Waals surface area contributed by atoms with Crippen LogP contribution in [-0.2, 0) is 0 Å². The van der Waals surface area contributed by atoms with E-state index in [0.29, 0.717) is 5.82 Å². The minimum Gasteiger partial charge on any atom is -0.497 e.